The van der Waals surface area contributed by atoms with Gasteiger partial charge in [-0.3, -0.25) is 0 Å². The maximum atomic E-state index is 5.80. The maximum absolute atomic E-state index is 5.80. The van der Waals surface area contributed by atoms with Gasteiger partial charge in [0.15, 0.2) is 0 Å². The van der Waals surface area contributed by atoms with Crippen molar-refractivity contribution < 1.29 is 4.74 Å². The van der Waals surface area contributed by atoms with Gasteiger partial charge in [-0.2, -0.15) is 0 Å². The first-order valence-electron chi connectivity index (χ1n) is 7.55. The second-order valence-electron chi connectivity index (χ2n) is 5.56. The molecule has 0 saturated carbocycles. The van der Waals surface area contributed by atoms with E-state index in [2.05, 4.69) is 5.32 Å². The summed E-state index contributed by atoms with van der Waals surface area (Å²) < 4.78 is 5.80. The van der Waals surface area contributed by atoms with Gasteiger partial charge in [0.05, 0.1) is 6.10 Å². The summed E-state index contributed by atoms with van der Waals surface area (Å²) in [5.74, 6) is 1.99. The molecule has 1 saturated heterocycles. The van der Waals surface area contributed by atoms with Crippen LogP contribution in [0.5, 0.6) is 0 Å². The molecule has 1 fully saturated rings. The Morgan fingerprint density at radius 3 is 2.84 bits per heavy atom. The first kappa shape index (κ1) is 12.9. The van der Waals surface area contributed by atoms with Gasteiger partial charge in [-0.05, 0) is 44.9 Å². The van der Waals surface area contributed by atoms with E-state index in [1.54, 1.807) is 0 Å². The van der Waals surface area contributed by atoms with E-state index in [4.69, 9.17) is 14.7 Å². The molecule has 1 unspecified atom stereocenters. The monoisotopic (exact) mass is 261 g/mol. The van der Waals surface area contributed by atoms with Crippen LogP contribution in [-0.2, 0) is 24.0 Å². The van der Waals surface area contributed by atoms with Crippen molar-refractivity contribution in [2.75, 3.05) is 19.0 Å². The highest BCUT2D eigenvalue weighted by atomic mass is 16.5. The number of hydrogen-bond acceptors (Lipinski definition) is 4. The Morgan fingerprint density at radius 1 is 1.16 bits per heavy atom. The van der Waals surface area contributed by atoms with E-state index in [0.717, 1.165) is 43.9 Å². The largest absolute Gasteiger partial charge is 0.378 e. The summed E-state index contributed by atoms with van der Waals surface area (Å²) in [6.45, 7) is 0.897. The highest BCUT2D eigenvalue weighted by Crippen LogP contribution is 2.26. The molecule has 4 nitrogen and oxygen atoms in total. The summed E-state index contributed by atoms with van der Waals surface area (Å²) >= 11 is 0. The minimum atomic E-state index is 0.320. The normalized spacial score (nSPS) is 22.9. The van der Waals surface area contributed by atoms with Crippen LogP contribution in [0.15, 0.2) is 0 Å². The molecule has 1 atom stereocenters. The van der Waals surface area contributed by atoms with Gasteiger partial charge in [0.2, 0.25) is 0 Å². The third-order valence-corrected chi connectivity index (χ3v) is 4.15. The zero-order valence-electron chi connectivity index (χ0n) is 11.7. The average Bonchev–Trinajstić information content (AvgIpc) is 2.47. The third kappa shape index (κ3) is 2.89. The standard InChI is InChI=1S/C15H23N3O/c1-16-15-12-7-2-3-8-13(12)17-14(18-15)10-11-6-4-5-9-19-11/h11H,2-10H2,1H3,(H,16,17,18). The second kappa shape index (κ2) is 5.87. The van der Waals surface area contributed by atoms with Crippen LogP contribution in [0.2, 0.25) is 0 Å². The van der Waals surface area contributed by atoms with Gasteiger partial charge in [0.25, 0.3) is 0 Å². The van der Waals surface area contributed by atoms with Gasteiger partial charge in [-0.1, -0.05) is 0 Å². The van der Waals surface area contributed by atoms with Crippen molar-refractivity contribution in [1.82, 2.24) is 9.97 Å². The van der Waals surface area contributed by atoms with Crippen molar-refractivity contribution in [3.8, 4) is 0 Å². The van der Waals surface area contributed by atoms with Crippen molar-refractivity contribution >= 4 is 5.82 Å². The molecular weight excluding hydrogens is 238 g/mol. The molecule has 0 radical (unpaired) electrons. The minimum Gasteiger partial charge on any atom is -0.378 e. The molecule has 1 aromatic heterocycles. The van der Waals surface area contributed by atoms with E-state index >= 15 is 0 Å². The fraction of sp³-hybridized carbons (Fsp3) is 0.733. The molecule has 4 heteroatoms. The van der Waals surface area contributed by atoms with Crippen LogP contribution in [0, 0.1) is 0 Å². The number of aryl methyl sites for hydroxylation is 1. The minimum absolute atomic E-state index is 0.320. The molecule has 1 aliphatic carbocycles. The van der Waals surface area contributed by atoms with Gasteiger partial charge in [-0.15, -0.1) is 0 Å². The van der Waals surface area contributed by atoms with Crippen LogP contribution >= 0.6 is 0 Å². The lowest BCUT2D eigenvalue weighted by atomic mass is 9.96. The van der Waals surface area contributed by atoms with E-state index in [1.165, 1.54) is 36.9 Å². The zero-order valence-corrected chi connectivity index (χ0v) is 11.7. The highest BCUT2D eigenvalue weighted by molar-refractivity contribution is 5.47. The van der Waals surface area contributed by atoms with Gasteiger partial charge >= 0.3 is 0 Å². The number of rotatable bonds is 3. The Labute approximate surface area is 115 Å². The molecule has 19 heavy (non-hydrogen) atoms. The van der Waals surface area contributed by atoms with Crippen molar-refractivity contribution in [2.45, 2.75) is 57.5 Å². The summed E-state index contributed by atoms with van der Waals surface area (Å²) in [6.07, 6.45) is 9.54. The molecule has 104 valence electrons. The van der Waals surface area contributed by atoms with Crippen molar-refractivity contribution in [3.63, 3.8) is 0 Å². The molecule has 1 aromatic rings. The molecular formula is C15H23N3O. The highest BCUT2D eigenvalue weighted by Gasteiger charge is 2.20. The maximum Gasteiger partial charge on any atom is 0.133 e. The lowest BCUT2D eigenvalue weighted by Gasteiger charge is -2.23. The Balaban J connectivity index is 1.81. The number of anilines is 1. The van der Waals surface area contributed by atoms with E-state index in [0.29, 0.717) is 6.10 Å². The van der Waals surface area contributed by atoms with Crippen LogP contribution in [-0.4, -0.2) is 29.7 Å². The van der Waals surface area contributed by atoms with Gasteiger partial charge in [0, 0.05) is 31.3 Å². The topological polar surface area (TPSA) is 47.0 Å². The Morgan fingerprint density at radius 2 is 2.05 bits per heavy atom. The van der Waals surface area contributed by atoms with Gasteiger partial charge in [0.1, 0.15) is 11.6 Å². The molecule has 0 amide bonds. The quantitative estimate of drug-likeness (QED) is 0.908. The zero-order chi connectivity index (χ0) is 13.1. The van der Waals surface area contributed by atoms with Crippen LogP contribution in [0.4, 0.5) is 5.82 Å². The fourth-order valence-corrected chi connectivity index (χ4v) is 3.12. The first-order valence-corrected chi connectivity index (χ1v) is 7.55. The second-order valence-corrected chi connectivity index (χ2v) is 5.56. The number of ether oxygens (including phenoxy) is 1. The summed E-state index contributed by atoms with van der Waals surface area (Å²) in [4.78, 5) is 9.48. The molecule has 1 aliphatic heterocycles. The van der Waals surface area contributed by atoms with E-state index in [-0.39, 0.29) is 0 Å². The number of aromatic nitrogens is 2. The lowest BCUT2D eigenvalue weighted by Crippen LogP contribution is -2.23. The Kier molecular flexibility index (Phi) is 3.97. The Hall–Kier alpha value is -1.16. The van der Waals surface area contributed by atoms with E-state index < -0.39 is 0 Å². The number of fused-ring (bicyclic) bond motifs is 1. The summed E-state index contributed by atoms with van der Waals surface area (Å²) in [6, 6.07) is 0. The SMILES string of the molecule is CNc1nc(CC2CCCCO2)nc2c1CCCC2. The van der Waals surface area contributed by atoms with Crippen LogP contribution in [0.25, 0.3) is 0 Å². The molecule has 2 heterocycles. The van der Waals surface area contributed by atoms with Crippen LogP contribution in [0.3, 0.4) is 0 Å². The number of hydrogen-bond donors (Lipinski definition) is 1. The molecule has 1 N–H and O–H groups in total. The van der Waals surface area contributed by atoms with Crippen molar-refractivity contribution in [1.29, 1.82) is 0 Å². The fourth-order valence-electron chi connectivity index (χ4n) is 3.12. The van der Waals surface area contributed by atoms with Crippen LogP contribution < -0.4 is 5.32 Å². The van der Waals surface area contributed by atoms with E-state index in [1.807, 2.05) is 7.05 Å². The molecule has 0 aromatic carbocycles. The number of nitrogens with zero attached hydrogens (tertiary/aromatic N) is 2. The number of nitrogens with one attached hydrogen (secondary N) is 1. The first-order chi connectivity index (χ1) is 9.36. The van der Waals surface area contributed by atoms with E-state index in [9.17, 15) is 0 Å². The summed E-state index contributed by atoms with van der Waals surface area (Å²) in [7, 11) is 1.96. The molecule has 2 aliphatic rings. The van der Waals surface area contributed by atoms with Crippen molar-refractivity contribution in [3.05, 3.63) is 17.1 Å². The average molecular weight is 261 g/mol. The molecule has 0 spiro atoms. The lowest BCUT2D eigenvalue weighted by molar-refractivity contribution is 0.0156. The van der Waals surface area contributed by atoms with Crippen LogP contribution in [0.1, 0.15) is 49.2 Å². The summed E-state index contributed by atoms with van der Waals surface area (Å²) in [5, 5.41) is 3.24. The molecule has 0 bridgehead atoms. The van der Waals surface area contributed by atoms with Gasteiger partial charge in [-0.25, -0.2) is 9.97 Å². The predicted octanol–water partition coefficient (Wildman–Crippen LogP) is 2.51. The Bertz CT molecular complexity index is 424. The molecule has 3 rings (SSSR count). The third-order valence-electron chi connectivity index (χ3n) is 4.15. The summed E-state index contributed by atoms with van der Waals surface area (Å²) in [5.41, 5.74) is 2.60. The smallest absolute Gasteiger partial charge is 0.133 e. The predicted molar refractivity (Wildman–Crippen MR) is 75.5 cm³/mol. The van der Waals surface area contributed by atoms with Gasteiger partial charge < -0.3 is 10.1 Å². The van der Waals surface area contributed by atoms with Crippen molar-refractivity contribution in [2.24, 2.45) is 0 Å².